The van der Waals surface area contributed by atoms with Gasteiger partial charge in [0.2, 0.25) is 0 Å². The van der Waals surface area contributed by atoms with Crippen LogP contribution in [-0.4, -0.2) is 38.3 Å². The second kappa shape index (κ2) is 7.24. The Balaban J connectivity index is 2.02. The van der Waals surface area contributed by atoms with Crippen LogP contribution in [-0.2, 0) is 0 Å². The number of fused-ring (bicyclic) bond motifs is 2. The molecule has 0 N–H and O–H groups in total. The number of thioether (sulfide) groups is 1. The lowest BCUT2D eigenvalue weighted by Crippen LogP contribution is -2.24. The van der Waals surface area contributed by atoms with Crippen molar-refractivity contribution >= 4 is 35.3 Å². The second-order valence-corrected chi connectivity index (χ2v) is 7.01. The summed E-state index contributed by atoms with van der Waals surface area (Å²) in [6.45, 7) is 2.13. The fourth-order valence-electron chi connectivity index (χ4n) is 2.99. The van der Waals surface area contributed by atoms with Crippen molar-refractivity contribution in [2.75, 3.05) is 38.3 Å². The highest BCUT2D eigenvalue weighted by Crippen LogP contribution is 2.38. The van der Waals surface area contributed by atoms with Gasteiger partial charge in [-0.05, 0) is 62.6 Å². The molecule has 120 valence electrons. The summed E-state index contributed by atoms with van der Waals surface area (Å²) in [5.74, 6) is 0. The second-order valence-electron chi connectivity index (χ2n) is 6.13. The topological polar surface area (TPSA) is 6.48 Å². The van der Waals surface area contributed by atoms with Gasteiger partial charge in [-0.3, -0.25) is 0 Å². The summed E-state index contributed by atoms with van der Waals surface area (Å²) >= 11 is 1.80. The molecule has 0 fully saturated rings. The van der Waals surface area contributed by atoms with Crippen molar-refractivity contribution in [3.63, 3.8) is 0 Å². The summed E-state index contributed by atoms with van der Waals surface area (Å²) in [7, 11) is 4.27. The predicted molar refractivity (Wildman–Crippen MR) is 104 cm³/mol. The molecule has 3 rings (SSSR count). The van der Waals surface area contributed by atoms with Crippen LogP contribution in [0.15, 0.2) is 47.4 Å². The lowest BCUT2D eigenvalue weighted by Gasteiger charge is -2.28. The standard InChI is InChI=1S/C20H24N2S/c1-21(2)13-6-14-22-19-8-5-4-7-16(19)9-10-17-11-12-18(23-3)15-20(17)22/h4-5,7-12,15H,6,13-14H2,1-3H3. The number of para-hydroxylation sites is 1. The Labute approximate surface area is 143 Å². The summed E-state index contributed by atoms with van der Waals surface area (Å²) in [6, 6.07) is 15.5. The third kappa shape index (κ3) is 3.62. The van der Waals surface area contributed by atoms with Crippen LogP contribution in [0.5, 0.6) is 0 Å². The Morgan fingerprint density at radius 2 is 1.70 bits per heavy atom. The van der Waals surface area contributed by atoms with Crippen molar-refractivity contribution in [1.29, 1.82) is 0 Å². The Morgan fingerprint density at radius 1 is 0.957 bits per heavy atom. The third-order valence-electron chi connectivity index (χ3n) is 4.19. The minimum absolute atomic E-state index is 1.03. The van der Waals surface area contributed by atoms with Gasteiger partial charge in [-0.1, -0.05) is 36.4 Å². The van der Waals surface area contributed by atoms with E-state index >= 15 is 0 Å². The van der Waals surface area contributed by atoms with E-state index in [0.29, 0.717) is 0 Å². The third-order valence-corrected chi connectivity index (χ3v) is 4.91. The Kier molecular flexibility index (Phi) is 5.09. The van der Waals surface area contributed by atoms with E-state index in [1.54, 1.807) is 11.8 Å². The Morgan fingerprint density at radius 3 is 2.43 bits per heavy atom. The van der Waals surface area contributed by atoms with Crippen molar-refractivity contribution in [2.45, 2.75) is 11.3 Å². The van der Waals surface area contributed by atoms with E-state index in [1.807, 2.05) is 0 Å². The number of hydrogen-bond acceptors (Lipinski definition) is 3. The maximum atomic E-state index is 2.48. The number of hydrogen-bond donors (Lipinski definition) is 0. The average Bonchev–Trinajstić information content (AvgIpc) is 2.71. The van der Waals surface area contributed by atoms with Crippen LogP contribution >= 0.6 is 11.8 Å². The number of benzene rings is 2. The van der Waals surface area contributed by atoms with Gasteiger partial charge in [0.05, 0.1) is 0 Å². The number of rotatable bonds is 5. The fraction of sp³-hybridized carbons (Fsp3) is 0.300. The van der Waals surface area contributed by atoms with E-state index in [1.165, 1.54) is 27.4 Å². The summed E-state index contributed by atoms with van der Waals surface area (Å²) in [6.07, 6.45) is 7.76. The summed E-state index contributed by atoms with van der Waals surface area (Å²) in [4.78, 5) is 6.05. The van der Waals surface area contributed by atoms with E-state index in [2.05, 4.69) is 84.8 Å². The molecule has 3 heteroatoms. The molecule has 2 aromatic carbocycles. The number of nitrogens with zero attached hydrogens (tertiary/aromatic N) is 2. The molecule has 1 aliphatic rings. The van der Waals surface area contributed by atoms with E-state index in [9.17, 15) is 0 Å². The molecule has 0 radical (unpaired) electrons. The molecule has 0 saturated carbocycles. The van der Waals surface area contributed by atoms with Crippen LogP contribution in [0.3, 0.4) is 0 Å². The lowest BCUT2D eigenvalue weighted by atomic mass is 10.1. The maximum absolute atomic E-state index is 2.48. The highest BCUT2D eigenvalue weighted by molar-refractivity contribution is 7.98. The number of anilines is 2. The van der Waals surface area contributed by atoms with Gasteiger partial charge in [0.1, 0.15) is 0 Å². The summed E-state index contributed by atoms with van der Waals surface area (Å²) in [5, 5.41) is 0. The molecule has 2 nitrogen and oxygen atoms in total. The molecule has 1 aliphatic heterocycles. The van der Waals surface area contributed by atoms with Crippen LogP contribution in [0.25, 0.3) is 12.2 Å². The van der Waals surface area contributed by atoms with Crippen LogP contribution in [0.4, 0.5) is 11.4 Å². The van der Waals surface area contributed by atoms with Gasteiger partial charge in [0.25, 0.3) is 0 Å². The Hall–Kier alpha value is -1.71. The fourth-order valence-corrected chi connectivity index (χ4v) is 3.43. The van der Waals surface area contributed by atoms with Gasteiger partial charge >= 0.3 is 0 Å². The molecule has 0 unspecified atom stereocenters. The van der Waals surface area contributed by atoms with Crippen molar-refractivity contribution in [3.8, 4) is 0 Å². The largest absolute Gasteiger partial charge is 0.340 e. The summed E-state index contributed by atoms with van der Waals surface area (Å²) in [5.41, 5.74) is 5.21. The van der Waals surface area contributed by atoms with Crippen molar-refractivity contribution in [1.82, 2.24) is 4.90 Å². The molecule has 0 bridgehead atoms. The molecule has 2 aromatic rings. The molecule has 0 spiro atoms. The smallest absolute Gasteiger partial charge is 0.0495 e. The van der Waals surface area contributed by atoms with E-state index in [-0.39, 0.29) is 0 Å². The normalized spacial score (nSPS) is 13.0. The first-order valence-corrected chi connectivity index (χ1v) is 9.29. The monoisotopic (exact) mass is 324 g/mol. The zero-order valence-electron chi connectivity index (χ0n) is 14.1. The van der Waals surface area contributed by atoms with Crippen LogP contribution in [0.2, 0.25) is 0 Å². The predicted octanol–water partition coefficient (Wildman–Crippen LogP) is 4.98. The van der Waals surface area contributed by atoms with E-state index in [0.717, 1.165) is 19.5 Å². The molecule has 0 aromatic heterocycles. The molecule has 0 saturated heterocycles. The molecular formula is C20H24N2S. The SMILES string of the molecule is CSc1ccc2c(c1)N(CCCN(C)C)c1ccccc1C=C2. The molecule has 0 atom stereocenters. The van der Waals surface area contributed by atoms with Gasteiger partial charge < -0.3 is 9.80 Å². The highest BCUT2D eigenvalue weighted by Gasteiger charge is 2.17. The van der Waals surface area contributed by atoms with Crippen LogP contribution in [0.1, 0.15) is 17.5 Å². The van der Waals surface area contributed by atoms with Crippen molar-refractivity contribution < 1.29 is 0 Å². The Bertz CT molecular complexity index is 707. The van der Waals surface area contributed by atoms with Gasteiger partial charge in [0, 0.05) is 22.8 Å². The summed E-state index contributed by atoms with van der Waals surface area (Å²) < 4.78 is 0. The van der Waals surface area contributed by atoms with E-state index < -0.39 is 0 Å². The van der Waals surface area contributed by atoms with Crippen molar-refractivity contribution in [2.24, 2.45) is 0 Å². The maximum Gasteiger partial charge on any atom is 0.0495 e. The zero-order valence-corrected chi connectivity index (χ0v) is 14.9. The molecule has 0 aliphatic carbocycles. The zero-order chi connectivity index (χ0) is 16.2. The molecule has 1 heterocycles. The van der Waals surface area contributed by atoms with Gasteiger partial charge in [-0.25, -0.2) is 0 Å². The minimum Gasteiger partial charge on any atom is -0.340 e. The van der Waals surface area contributed by atoms with Crippen molar-refractivity contribution in [3.05, 3.63) is 53.6 Å². The first kappa shape index (κ1) is 16.2. The lowest BCUT2D eigenvalue weighted by molar-refractivity contribution is 0.402. The van der Waals surface area contributed by atoms with Crippen LogP contribution in [0, 0.1) is 0 Å². The van der Waals surface area contributed by atoms with Gasteiger partial charge in [-0.15, -0.1) is 11.8 Å². The quantitative estimate of drug-likeness (QED) is 0.716. The van der Waals surface area contributed by atoms with E-state index in [4.69, 9.17) is 0 Å². The first-order chi connectivity index (χ1) is 11.2. The highest BCUT2D eigenvalue weighted by atomic mass is 32.2. The van der Waals surface area contributed by atoms with Gasteiger partial charge in [-0.2, -0.15) is 0 Å². The van der Waals surface area contributed by atoms with Crippen LogP contribution < -0.4 is 4.90 Å². The molecule has 0 amide bonds. The molecule has 23 heavy (non-hydrogen) atoms. The molecular weight excluding hydrogens is 300 g/mol. The average molecular weight is 324 g/mol. The minimum atomic E-state index is 1.03. The first-order valence-electron chi connectivity index (χ1n) is 8.06. The van der Waals surface area contributed by atoms with Gasteiger partial charge in [0.15, 0.2) is 0 Å².